The standard InChI is InChI=1S/C22H20ClF3N4O2S/c1-2-27-19(31)30-11-20(12-30)16-5-3-13(7-14(16)10-32-20)17-8-21(33-29-17,22(24,25)26)15-4-6-18(23)28-9-15/h3-7,9H,2,8,10-12H2,1H3,(H,27,31). The summed E-state index contributed by atoms with van der Waals surface area (Å²) in [5, 5.41) is 2.90. The quantitative estimate of drug-likeness (QED) is 0.489. The van der Waals surface area contributed by atoms with Gasteiger partial charge >= 0.3 is 12.2 Å². The highest BCUT2D eigenvalue weighted by Crippen LogP contribution is 2.56. The van der Waals surface area contributed by atoms with E-state index in [1.165, 1.54) is 18.3 Å². The Morgan fingerprint density at radius 2 is 2.09 bits per heavy atom. The van der Waals surface area contributed by atoms with Gasteiger partial charge in [0.1, 0.15) is 10.8 Å². The number of rotatable bonds is 3. The molecule has 0 radical (unpaired) electrons. The van der Waals surface area contributed by atoms with Crippen molar-refractivity contribution < 1.29 is 22.7 Å². The smallest absolute Gasteiger partial charge is 0.362 e. The zero-order valence-electron chi connectivity index (χ0n) is 17.6. The van der Waals surface area contributed by atoms with Gasteiger partial charge in [0.15, 0.2) is 4.75 Å². The number of halogens is 4. The van der Waals surface area contributed by atoms with Gasteiger partial charge in [0.25, 0.3) is 0 Å². The number of ether oxygens (including phenoxy) is 1. The minimum Gasteiger partial charge on any atom is -0.362 e. The summed E-state index contributed by atoms with van der Waals surface area (Å²) in [6.45, 7) is 3.65. The predicted octanol–water partition coefficient (Wildman–Crippen LogP) is 4.80. The molecule has 5 rings (SSSR count). The molecule has 1 unspecified atom stereocenters. The van der Waals surface area contributed by atoms with Crippen LogP contribution in [0.2, 0.25) is 5.15 Å². The second kappa shape index (κ2) is 7.89. The molecule has 2 amide bonds. The fourth-order valence-corrected chi connectivity index (χ4v) is 5.62. The number of pyridine rings is 1. The Morgan fingerprint density at radius 1 is 1.30 bits per heavy atom. The van der Waals surface area contributed by atoms with Crippen LogP contribution in [0.15, 0.2) is 40.9 Å². The first-order valence-corrected chi connectivity index (χ1v) is 11.6. The van der Waals surface area contributed by atoms with E-state index < -0.39 is 16.5 Å². The summed E-state index contributed by atoms with van der Waals surface area (Å²) in [6.07, 6.45) is -3.67. The molecule has 1 N–H and O–H groups in total. The number of carbonyl (C=O) groups excluding carboxylic acids is 1. The third-order valence-corrected chi connectivity index (χ3v) is 7.78. The van der Waals surface area contributed by atoms with Gasteiger partial charge in [-0.1, -0.05) is 29.8 Å². The number of aromatic nitrogens is 1. The lowest BCUT2D eigenvalue weighted by Gasteiger charge is -2.47. The fraction of sp³-hybridized carbons (Fsp3) is 0.409. The normalized spacial score (nSPS) is 23.3. The van der Waals surface area contributed by atoms with Gasteiger partial charge in [0.05, 0.1) is 25.4 Å². The molecule has 0 bridgehead atoms. The van der Waals surface area contributed by atoms with E-state index >= 15 is 0 Å². The first kappa shape index (κ1) is 22.5. The monoisotopic (exact) mass is 496 g/mol. The lowest BCUT2D eigenvalue weighted by molar-refractivity contribution is -0.159. The fourth-order valence-electron chi connectivity index (χ4n) is 4.54. The van der Waals surface area contributed by atoms with Crippen LogP contribution in [-0.2, 0) is 21.7 Å². The van der Waals surface area contributed by atoms with E-state index in [1.54, 1.807) is 11.0 Å². The second-order valence-corrected chi connectivity index (χ2v) is 9.80. The van der Waals surface area contributed by atoms with Crippen molar-refractivity contribution in [1.29, 1.82) is 0 Å². The Bertz CT molecular complexity index is 1140. The maximum absolute atomic E-state index is 14.2. The molecule has 0 saturated carbocycles. The molecule has 3 aliphatic heterocycles. The highest BCUT2D eigenvalue weighted by atomic mass is 35.5. The minimum atomic E-state index is -4.53. The van der Waals surface area contributed by atoms with Crippen LogP contribution in [-0.4, -0.2) is 47.4 Å². The molecule has 2 aromatic rings. The van der Waals surface area contributed by atoms with Crippen molar-refractivity contribution in [3.8, 4) is 0 Å². The van der Waals surface area contributed by atoms with E-state index in [-0.39, 0.29) is 23.2 Å². The summed E-state index contributed by atoms with van der Waals surface area (Å²) in [5.74, 6) is 0. The molecular weight excluding hydrogens is 477 g/mol. The number of urea groups is 1. The Morgan fingerprint density at radius 3 is 2.76 bits per heavy atom. The van der Waals surface area contributed by atoms with Crippen molar-refractivity contribution in [2.75, 3.05) is 19.6 Å². The molecule has 33 heavy (non-hydrogen) atoms. The third-order valence-electron chi connectivity index (χ3n) is 6.32. The van der Waals surface area contributed by atoms with Crippen LogP contribution in [0.1, 0.15) is 35.6 Å². The molecule has 1 fully saturated rings. The van der Waals surface area contributed by atoms with Crippen molar-refractivity contribution in [2.45, 2.75) is 36.5 Å². The summed E-state index contributed by atoms with van der Waals surface area (Å²) in [7, 11) is 0. The van der Waals surface area contributed by atoms with E-state index in [9.17, 15) is 18.0 Å². The van der Waals surface area contributed by atoms with E-state index in [2.05, 4.69) is 14.7 Å². The highest BCUT2D eigenvalue weighted by molar-refractivity contribution is 7.99. The number of likely N-dealkylation sites (tertiary alicyclic amines) is 1. The number of alkyl halides is 3. The van der Waals surface area contributed by atoms with Gasteiger partial charge in [-0.25, -0.2) is 14.2 Å². The molecule has 3 aliphatic rings. The maximum atomic E-state index is 14.2. The SMILES string of the molecule is CCNC(=O)N1CC2(C1)OCc1cc(C3=NSC(c4ccc(Cl)nc4)(C(F)(F)F)C3)ccc12. The molecule has 11 heteroatoms. The average Bonchev–Trinajstić information content (AvgIpc) is 3.36. The number of amides is 2. The van der Waals surface area contributed by atoms with E-state index in [1.807, 2.05) is 19.1 Å². The van der Waals surface area contributed by atoms with Crippen LogP contribution in [0.5, 0.6) is 0 Å². The van der Waals surface area contributed by atoms with E-state index in [4.69, 9.17) is 16.3 Å². The topological polar surface area (TPSA) is 66.8 Å². The molecule has 1 atom stereocenters. The number of nitrogens with zero attached hydrogens (tertiary/aromatic N) is 3. The number of hydrogen-bond donors (Lipinski definition) is 1. The molecule has 1 spiro atoms. The van der Waals surface area contributed by atoms with Crippen LogP contribution in [0.3, 0.4) is 0 Å². The lowest BCUT2D eigenvalue weighted by Crippen LogP contribution is -2.63. The first-order chi connectivity index (χ1) is 15.7. The summed E-state index contributed by atoms with van der Waals surface area (Å²) in [4.78, 5) is 17.5. The Hall–Kier alpha value is -2.30. The molecule has 1 aromatic carbocycles. The minimum absolute atomic E-state index is 0.0199. The van der Waals surface area contributed by atoms with Gasteiger partial charge in [-0.05, 0) is 53.3 Å². The van der Waals surface area contributed by atoms with Gasteiger partial charge in [0, 0.05) is 19.2 Å². The van der Waals surface area contributed by atoms with Crippen molar-refractivity contribution in [1.82, 2.24) is 15.2 Å². The van der Waals surface area contributed by atoms with Gasteiger partial charge in [-0.15, -0.1) is 0 Å². The largest absolute Gasteiger partial charge is 0.409 e. The molecule has 6 nitrogen and oxygen atoms in total. The maximum Gasteiger partial charge on any atom is 0.409 e. The van der Waals surface area contributed by atoms with Crippen LogP contribution in [0.25, 0.3) is 0 Å². The van der Waals surface area contributed by atoms with Crippen LogP contribution in [0, 0.1) is 0 Å². The van der Waals surface area contributed by atoms with Crippen molar-refractivity contribution in [2.24, 2.45) is 4.40 Å². The summed E-state index contributed by atoms with van der Waals surface area (Å²) >= 11 is 6.29. The Labute approximate surface area is 197 Å². The Kier molecular flexibility index (Phi) is 5.37. The summed E-state index contributed by atoms with van der Waals surface area (Å²) < 4.78 is 50.7. The number of benzene rings is 1. The van der Waals surface area contributed by atoms with E-state index in [0.717, 1.165) is 11.1 Å². The number of nitrogens with one attached hydrogen (secondary N) is 1. The molecule has 0 aliphatic carbocycles. The zero-order chi connectivity index (χ0) is 23.4. The van der Waals surface area contributed by atoms with Crippen LogP contribution >= 0.6 is 23.5 Å². The molecular formula is C22H20ClF3N4O2S. The van der Waals surface area contributed by atoms with Gasteiger partial charge < -0.3 is 15.0 Å². The second-order valence-electron chi connectivity index (χ2n) is 8.35. The average molecular weight is 497 g/mol. The highest BCUT2D eigenvalue weighted by Gasteiger charge is 2.60. The van der Waals surface area contributed by atoms with Crippen molar-refractivity contribution in [3.05, 3.63) is 63.9 Å². The Balaban J connectivity index is 1.38. The summed E-state index contributed by atoms with van der Waals surface area (Å²) in [5.41, 5.74) is 2.36. The van der Waals surface area contributed by atoms with Crippen molar-refractivity contribution >= 4 is 35.3 Å². The third kappa shape index (κ3) is 3.59. The molecule has 1 saturated heterocycles. The number of fused-ring (bicyclic) bond motifs is 2. The summed E-state index contributed by atoms with van der Waals surface area (Å²) in [6, 6.07) is 8.11. The van der Waals surface area contributed by atoms with E-state index in [0.29, 0.717) is 49.5 Å². The van der Waals surface area contributed by atoms with Crippen molar-refractivity contribution in [3.63, 3.8) is 0 Å². The molecule has 174 valence electrons. The van der Waals surface area contributed by atoms with Gasteiger partial charge in [-0.2, -0.15) is 13.2 Å². The van der Waals surface area contributed by atoms with Crippen LogP contribution < -0.4 is 5.32 Å². The number of carbonyl (C=O) groups is 1. The van der Waals surface area contributed by atoms with Gasteiger partial charge in [-0.3, -0.25) is 0 Å². The number of hydrogen-bond acceptors (Lipinski definition) is 5. The molecule has 4 heterocycles. The first-order valence-electron chi connectivity index (χ1n) is 10.4. The van der Waals surface area contributed by atoms with Gasteiger partial charge in [0.2, 0.25) is 0 Å². The van der Waals surface area contributed by atoms with Crippen LogP contribution in [0.4, 0.5) is 18.0 Å². The zero-order valence-corrected chi connectivity index (χ0v) is 19.2. The predicted molar refractivity (Wildman–Crippen MR) is 119 cm³/mol. The lowest BCUT2D eigenvalue weighted by atomic mass is 9.84. The molecule has 1 aromatic heterocycles.